The van der Waals surface area contributed by atoms with Crippen molar-refractivity contribution in [2.24, 2.45) is 5.41 Å². The van der Waals surface area contributed by atoms with E-state index in [1.54, 1.807) is 0 Å². The van der Waals surface area contributed by atoms with E-state index in [0.29, 0.717) is 70.5 Å². The van der Waals surface area contributed by atoms with Crippen LogP contribution in [-0.2, 0) is 28.4 Å². The molecule has 2 heterocycles. The van der Waals surface area contributed by atoms with Crippen molar-refractivity contribution in [3.63, 3.8) is 0 Å². The minimum absolute atomic E-state index is 0.0434. The Bertz CT molecular complexity index is 926. The molecule has 0 bridgehead atoms. The summed E-state index contributed by atoms with van der Waals surface area (Å²) in [5.41, 5.74) is -5.70. The van der Waals surface area contributed by atoms with Gasteiger partial charge in [-0.1, -0.05) is 0 Å². The van der Waals surface area contributed by atoms with Crippen LogP contribution in [0.1, 0.15) is 61.6 Å². The summed E-state index contributed by atoms with van der Waals surface area (Å²) in [6.45, 7) is 1.78. The molecule has 0 radical (unpaired) electrons. The number of benzene rings is 1. The summed E-state index contributed by atoms with van der Waals surface area (Å²) in [5, 5.41) is 21.0. The topological polar surface area (TPSA) is 82.6 Å². The molecule has 3 fully saturated rings. The first-order valence-electron chi connectivity index (χ1n) is 12.7. The van der Waals surface area contributed by atoms with Crippen LogP contribution < -0.4 is 16.0 Å². The van der Waals surface area contributed by atoms with Crippen molar-refractivity contribution in [2.45, 2.75) is 81.5 Å². The number of alkyl halides is 6. The van der Waals surface area contributed by atoms with Crippen LogP contribution in [0, 0.1) is 5.41 Å². The zero-order chi connectivity index (χ0) is 26.9. The molecule has 208 valence electrons. The van der Waals surface area contributed by atoms with Gasteiger partial charge in [-0.15, -0.1) is 0 Å². The maximum atomic E-state index is 13.7. The molecule has 2 unspecified atom stereocenters. The van der Waals surface area contributed by atoms with Crippen LogP contribution in [0.4, 0.5) is 26.3 Å². The number of nitrogens with one attached hydrogen (secondary N) is 3. The SMILES string of the molecule is O=C(NCc1cc(C(F)(F)F)cc(C(F)(F)F)c1)C1(C2(O)CCNCC2)CCC(NC2CCOCC2)C1. The predicted molar refractivity (Wildman–Crippen MR) is 122 cm³/mol. The van der Waals surface area contributed by atoms with Crippen molar-refractivity contribution >= 4 is 5.91 Å². The zero-order valence-electron chi connectivity index (χ0n) is 20.4. The Morgan fingerprint density at radius 3 is 2.11 bits per heavy atom. The Morgan fingerprint density at radius 1 is 0.946 bits per heavy atom. The van der Waals surface area contributed by atoms with E-state index in [2.05, 4.69) is 16.0 Å². The molecule has 0 spiro atoms. The number of amides is 1. The molecule has 6 nitrogen and oxygen atoms in total. The van der Waals surface area contributed by atoms with E-state index in [0.717, 1.165) is 12.8 Å². The Balaban J connectivity index is 1.55. The molecule has 1 saturated carbocycles. The van der Waals surface area contributed by atoms with Crippen molar-refractivity contribution in [1.29, 1.82) is 0 Å². The van der Waals surface area contributed by atoms with Gasteiger partial charge in [0, 0.05) is 31.8 Å². The van der Waals surface area contributed by atoms with Crippen molar-refractivity contribution < 1.29 is 41.0 Å². The van der Waals surface area contributed by atoms with Gasteiger partial charge in [-0.3, -0.25) is 4.79 Å². The molecule has 1 aromatic rings. The second-order valence-electron chi connectivity index (χ2n) is 10.5. The maximum absolute atomic E-state index is 13.7. The zero-order valence-corrected chi connectivity index (χ0v) is 20.4. The summed E-state index contributed by atoms with van der Waals surface area (Å²) >= 11 is 0. The van der Waals surface area contributed by atoms with Gasteiger partial charge in [-0.25, -0.2) is 0 Å². The Labute approximate surface area is 211 Å². The smallest absolute Gasteiger partial charge is 0.389 e. The van der Waals surface area contributed by atoms with E-state index >= 15 is 0 Å². The summed E-state index contributed by atoms with van der Waals surface area (Å²) in [6.07, 6.45) is -6.29. The highest BCUT2D eigenvalue weighted by molar-refractivity contribution is 5.84. The van der Waals surface area contributed by atoms with Crippen molar-refractivity contribution in [2.75, 3.05) is 26.3 Å². The highest BCUT2D eigenvalue weighted by atomic mass is 19.4. The molecule has 37 heavy (non-hydrogen) atoms. The third kappa shape index (κ3) is 6.23. The van der Waals surface area contributed by atoms with Gasteiger partial charge in [0.25, 0.3) is 0 Å². The standard InChI is InChI=1S/C25H33F6N3O3/c26-24(27,28)17-11-16(12-18(13-17)25(29,30)31)15-33-21(35)22(23(36)5-7-32-8-6-23)4-1-20(14-22)34-19-2-9-37-10-3-19/h11-13,19-20,32,34,36H,1-10,14-15H2,(H,33,35). The molecule has 4 rings (SSSR count). The molecular formula is C25H33F6N3O3. The van der Waals surface area contributed by atoms with Gasteiger partial charge >= 0.3 is 12.4 Å². The minimum atomic E-state index is -4.97. The molecule has 2 atom stereocenters. The molecule has 2 aliphatic heterocycles. The molecule has 3 aliphatic rings. The lowest BCUT2D eigenvalue weighted by molar-refractivity contribution is -0.156. The fraction of sp³-hybridized carbons (Fsp3) is 0.720. The van der Waals surface area contributed by atoms with E-state index in [1.165, 1.54) is 0 Å². The maximum Gasteiger partial charge on any atom is 0.416 e. The summed E-state index contributed by atoms with van der Waals surface area (Å²) in [4.78, 5) is 13.7. The van der Waals surface area contributed by atoms with Gasteiger partial charge in [0.1, 0.15) is 0 Å². The van der Waals surface area contributed by atoms with Crippen molar-refractivity contribution in [1.82, 2.24) is 16.0 Å². The van der Waals surface area contributed by atoms with Crippen LogP contribution >= 0.6 is 0 Å². The second kappa shape index (κ2) is 10.7. The number of hydrogen-bond acceptors (Lipinski definition) is 5. The van der Waals surface area contributed by atoms with Crippen LogP contribution in [0.15, 0.2) is 18.2 Å². The number of piperidine rings is 1. The summed E-state index contributed by atoms with van der Waals surface area (Å²) in [5.74, 6) is -0.542. The molecule has 2 saturated heterocycles. The van der Waals surface area contributed by atoms with Gasteiger partial charge in [0.2, 0.25) is 5.91 Å². The van der Waals surface area contributed by atoms with Crippen molar-refractivity contribution in [3.8, 4) is 0 Å². The fourth-order valence-electron chi connectivity index (χ4n) is 6.02. The Hall–Kier alpha value is -1.89. The van der Waals surface area contributed by atoms with Crippen LogP contribution in [0.25, 0.3) is 0 Å². The van der Waals surface area contributed by atoms with Crippen LogP contribution in [0.2, 0.25) is 0 Å². The second-order valence-corrected chi connectivity index (χ2v) is 10.5. The van der Waals surface area contributed by atoms with Crippen LogP contribution in [0.3, 0.4) is 0 Å². The first-order chi connectivity index (χ1) is 17.3. The number of rotatable bonds is 6. The molecule has 1 aromatic carbocycles. The third-order valence-corrected chi connectivity index (χ3v) is 8.06. The quantitative estimate of drug-likeness (QED) is 0.416. The lowest BCUT2D eigenvalue weighted by Gasteiger charge is -2.46. The van der Waals surface area contributed by atoms with Crippen LogP contribution in [0.5, 0.6) is 0 Å². The van der Waals surface area contributed by atoms with E-state index < -0.39 is 46.9 Å². The van der Waals surface area contributed by atoms with E-state index in [-0.39, 0.29) is 23.7 Å². The largest absolute Gasteiger partial charge is 0.416 e. The summed E-state index contributed by atoms with van der Waals surface area (Å²) in [6, 6.07) is 1.48. The number of aliphatic hydroxyl groups is 1. The summed E-state index contributed by atoms with van der Waals surface area (Å²) < 4.78 is 85.0. The molecule has 1 amide bonds. The number of halogens is 6. The average molecular weight is 538 g/mol. The molecule has 4 N–H and O–H groups in total. The molecule has 0 aromatic heterocycles. The summed E-state index contributed by atoms with van der Waals surface area (Å²) in [7, 11) is 0. The van der Waals surface area contributed by atoms with E-state index in [9.17, 15) is 36.2 Å². The highest BCUT2D eigenvalue weighted by Crippen LogP contribution is 2.51. The highest BCUT2D eigenvalue weighted by Gasteiger charge is 2.59. The fourth-order valence-corrected chi connectivity index (χ4v) is 6.02. The number of carbonyl (C=O) groups is 1. The van der Waals surface area contributed by atoms with Gasteiger partial charge in [-0.05, 0) is 81.8 Å². The molecule has 1 aliphatic carbocycles. The normalized spacial score (nSPS) is 27.3. The van der Waals surface area contributed by atoms with Gasteiger partial charge < -0.3 is 25.8 Å². The monoisotopic (exact) mass is 537 g/mol. The average Bonchev–Trinajstić information content (AvgIpc) is 3.28. The van der Waals surface area contributed by atoms with Gasteiger partial charge in [0.15, 0.2) is 0 Å². The van der Waals surface area contributed by atoms with E-state index in [4.69, 9.17) is 4.74 Å². The molecule has 12 heteroatoms. The third-order valence-electron chi connectivity index (χ3n) is 8.06. The van der Waals surface area contributed by atoms with E-state index in [1.807, 2.05) is 0 Å². The Kier molecular flexibility index (Phi) is 8.14. The van der Waals surface area contributed by atoms with Crippen molar-refractivity contribution in [3.05, 3.63) is 34.9 Å². The lowest BCUT2D eigenvalue weighted by atomic mass is 9.65. The first kappa shape index (κ1) is 28.1. The first-order valence-corrected chi connectivity index (χ1v) is 12.7. The number of carbonyl (C=O) groups excluding carboxylic acids is 1. The number of ether oxygens (including phenoxy) is 1. The number of hydrogen-bond donors (Lipinski definition) is 4. The van der Waals surface area contributed by atoms with Gasteiger partial charge in [-0.2, -0.15) is 26.3 Å². The Morgan fingerprint density at radius 2 is 1.54 bits per heavy atom. The predicted octanol–water partition coefficient (Wildman–Crippen LogP) is 3.76. The molecular weight excluding hydrogens is 504 g/mol. The lowest BCUT2D eigenvalue weighted by Crippen LogP contribution is -2.60. The van der Waals surface area contributed by atoms with Gasteiger partial charge in [0.05, 0.1) is 22.1 Å². The van der Waals surface area contributed by atoms with Crippen LogP contribution in [-0.4, -0.2) is 55.0 Å². The minimum Gasteiger partial charge on any atom is -0.389 e.